The van der Waals surface area contributed by atoms with Gasteiger partial charge in [0, 0.05) is 12.4 Å². The van der Waals surface area contributed by atoms with Crippen molar-refractivity contribution in [1.29, 1.82) is 0 Å². The largest absolute Gasteiger partial charge is 0.365 e. The van der Waals surface area contributed by atoms with E-state index in [1.54, 1.807) is 12.4 Å². The van der Waals surface area contributed by atoms with Crippen molar-refractivity contribution in [2.24, 2.45) is 0 Å². The Morgan fingerprint density at radius 1 is 1.50 bits per heavy atom. The molecule has 2 aromatic rings. The molecular formula is C7H9N7. The molecule has 0 saturated carbocycles. The lowest BCUT2D eigenvalue weighted by atomic mass is 10.3. The van der Waals surface area contributed by atoms with Crippen LogP contribution in [-0.2, 0) is 6.54 Å². The predicted octanol–water partition coefficient (Wildman–Crippen LogP) is -0.606. The molecule has 0 fully saturated rings. The van der Waals surface area contributed by atoms with E-state index in [1.165, 1.54) is 4.79 Å². The van der Waals surface area contributed by atoms with Gasteiger partial charge in [-0.15, -0.1) is 4.79 Å². The van der Waals surface area contributed by atoms with E-state index >= 15 is 0 Å². The molecule has 0 unspecified atom stereocenters. The van der Waals surface area contributed by atoms with Crippen molar-refractivity contribution in [2.75, 3.05) is 11.2 Å². The van der Waals surface area contributed by atoms with Crippen LogP contribution in [0.1, 0.15) is 5.56 Å². The maximum absolute atomic E-state index is 5.45. The Morgan fingerprint density at radius 2 is 2.43 bits per heavy atom. The zero-order valence-corrected chi connectivity index (χ0v) is 7.33. The van der Waals surface area contributed by atoms with E-state index in [4.69, 9.17) is 5.73 Å². The van der Waals surface area contributed by atoms with Crippen LogP contribution in [0.15, 0.2) is 24.5 Å². The minimum absolute atomic E-state index is 0.230. The molecule has 2 heterocycles. The molecule has 0 amide bonds. The van der Waals surface area contributed by atoms with Gasteiger partial charge < -0.3 is 11.2 Å². The molecule has 0 saturated heterocycles. The normalized spacial score (nSPS) is 10.0. The van der Waals surface area contributed by atoms with Gasteiger partial charge in [0.1, 0.15) is 0 Å². The summed E-state index contributed by atoms with van der Waals surface area (Å²) in [5, 5.41) is 10.6. The second-order valence-corrected chi connectivity index (χ2v) is 2.65. The third-order valence-corrected chi connectivity index (χ3v) is 1.65. The molecule has 0 aliphatic carbocycles. The highest BCUT2D eigenvalue weighted by Gasteiger charge is 1.98. The molecule has 0 atom stereocenters. The van der Waals surface area contributed by atoms with Gasteiger partial charge in [-0.3, -0.25) is 4.98 Å². The van der Waals surface area contributed by atoms with Crippen molar-refractivity contribution in [3.63, 3.8) is 0 Å². The number of nitrogens with one attached hydrogen (secondary N) is 1. The van der Waals surface area contributed by atoms with E-state index in [1.807, 2.05) is 12.1 Å². The quantitative estimate of drug-likeness (QED) is 0.672. The smallest absolute Gasteiger partial charge is 0.260 e. The number of anilines is 1. The van der Waals surface area contributed by atoms with Crippen LogP contribution in [0.2, 0.25) is 0 Å². The Morgan fingerprint density at radius 3 is 3.07 bits per heavy atom. The minimum Gasteiger partial charge on any atom is -0.365 e. The highest BCUT2D eigenvalue weighted by molar-refractivity contribution is 5.14. The van der Waals surface area contributed by atoms with E-state index in [9.17, 15) is 0 Å². The number of tetrazole rings is 1. The van der Waals surface area contributed by atoms with Crippen LogP contribution in [0.5, 0.6) is 0 Å². The fraction of sp³-hybridized carbons (Fsp3) is 0.143. The number of aromatic nitrogens is 5. The second-order valence-electron chi connectivity index (χ2n) is 2.65. The summed E-state index contributed by atoms with van der Waals surface area (Å²) in [6.45, 7) is 0.572. The van der Waals surface area contributed by atoms with Gasteiger partial charge in [-0.2, -0.15) is 0 Å². The van der Waals surface area contributed by atoms with Gasteiger partial charge in [-0.25, -0.2) is 0 Å². The average molecular weight is 191 g/mol. The van der Waals surface area contributed by atoms with E-state index in [0.717, 1.165) is 5.56 Å². The lowest BCUT2D eigenvalue weighted by Crippen LogP contribution is -2.18. The van der Waals surface area contributed by atoms with Crippen LogP contribution in [0, 0.1) is 0 Å². The van der Waals surface area contributed by atoms with Gasteiger partial charge in [-0.1, -0.05) is 11.2 Å². The summed E-state index contributed by atoms with van der Waals surface area (Å²) in [5.74, 6) is 0.230. The summed E-state index contributed by atoms with van der Waals surface area (Å²) in [4.78, 5) is 5.29. The van der Waals surface area contributed by atoms with Gasteiger partial charge in [0.2, 0.25) is 0 Å². The molecular weight excluding hydrogens is 182 g/mol. The Labute approximate surface area is 79.9 Å². The van der Waals surface area contributed by atoms with Gasteiger partial charge in [0.05, 0.1) is 6.54 Å². The highest BCUT2D eigenvalue weighted by atomic mass is 15.7. The van der Waals surface area contributed by atoms with E-state index in [-0.39, 0.29) is 5.95 Å². The molecule has 0 bridgehead atoms. The Balaban J connectivity index is 1.99. The molecule has 3 N–H and O–H groups in total. The molecule has 7 heteroatoms. The fourth-order valence-electron chi connectivity index (χ4n) is 0.975. The van der Waals surface area contributed by atoms with E-state index in [2.05, 4.69) is 25.9 Å². The molecule has 2 rings (SSSR count). The van der Waals surface area contributed by atoms with Crippen LogP contribution in [0.4, 0.5) is 5.95 Å². The molecule has 7 nitrogen and oxygen atoms in total. The topological polar surface area (TPSA) is 94.5 Å². The first-order valence-corrected chi connectivity index (χ1v) is 4.03. The number of rotatable bonds is 3. The predicted molar refractivity (Wildman–Crippen MR) is 49.5 cm³/mol. The molecule has 0 aliphatic heterocycles. The molecule has 2 aromatic heterocycles. The number of nitrogen functional groups attached to an aromatic ring is 1. The summed E-state index contributed by atoms with van der Waals surface area (Å²) in [5.41, 5.74) is 9.41. The summed E-state index contributed by atoms with van der Waals surface area (Å²) < 4.78 is 0. The van der Waals surface area contributed by atoms with Crippen molar-refractivity contribution < 1.29 is 0 Å². The van der Waals surface area contributed by atoms with Crippen LogP contribution in [0.3, 0.4) is 0 Å². The van der Waals surface area contributed by atoms with E-state index in [0.29, 0.717) is 6.54 Å². The first kappa shape index (κ1) is 8.42. The van der Waals surface area contributed by atoms with Crippen molar-refractivity contribution in [3.8, 4) is 0 Å². The average Bonchev–Trinajstić information content (AvgIpc) is 2.63. The lowest BCUT2D eigenvalue weighted by molar-refractivity contribution is 0.693. The maximum Gasteiger partial charge on any atom is 0.260 e. The van der Waals surface area contributed by atoms with Gasteiger partial charge >= 0.3 is 0 Å². The summed E-state index contributed by atoms with van der Waals surface area (Å²) in [7, 11) is 0. The Hall–Kier alpha value is -2.18. The second kappa shape index (κ2) is 3.69. The van der Waals surface area contributed by atoms with Crippen LogP contribution in [-0.4, -0.2) is 25.3 Å². The molecule has 0 spiro atoms. The molecule has 72 valence electrons. The number of nitrogens with two attached hydrogens (primary N) is 1. The third kappa shape index (κ3) is 1.76. The third-order valence-electron chi connectivity index (χ3n) is 1.65. The zero-order chi connectivity index (χ0) is 9.80. The summed E-state index contributed by atoms with van der Waals surface area (Å²) in [6, 6.07) is 3.81. The number of pyridine rings is 1. The number of nitrogens with zero attached hydrogens (tertiary/aromatic N) is 5. The molecule has 0 aromatic carbocycles. The Bertz CT molecular complexity index is 395. The molecule has 0 radical (unpaired) electrons. The number of hydrogen-bond donors (Lipinski definition) is 2. The van der Waals surface area contributed by atoms with E-state index < -0.39 is 0 Å². The fourth-order valence-corrected chi connectivity index (χ4v) is 0.975. The SMILES string of the molecule is Nc1nnnn1NCc1cccnc1. The van der Waals surface area contributed by atoms with Gasteiger partial charge in [-0.05, 0) is 22.1 Å². The highest BCUT2D eigenvalue weighted by Crippen LogP contribution is 1.96. The molecule has 14 heavy (non-hydrogen) atoms. The zero-order valence-electron chi connectivity index (χ0n) is 7.33. The van der Waals surface area contributed by atoms with Crippen LogP contribution in [0.25, 0.3) is 0 Å². The van der Waals surface area contributed by atoms with Crippen molar-refractivity contribution in [3.05, 3.63) is 30.1 Å². The first-order chi connectivity index (χ1) is 6.86. The van der Waals surface area contributed by atoms with Crippen molar-refractivity contribution in [2.45, 2.75) is 6.54 Å². The lowest BCUT2D eigenvalue weighted by Gasteiger charge is -2.04. The Kier molecular flexibility index (Phi) is 2.22. The van der Waals surface area contributed by atoms with Gasteiger partial charge in [0.15, 0.2) is 0 Å². The van der Waals surface area contributed by atoms with Crippen LogP contribution < -0.4 is 11.2 Å². The molecule has 0 aliphatic rings. The van der Waals surface area contributed by atoms with Gasteiger partial charge in [0.25, 0.3) is 5.95 Å². The number of hydrogen-bond acceptors (Lipinski definition) is 6. The minimum atomic E-state index is 0.230. The standard InChI is InChI=1S/C7H9N7/c8-7-11-12-13-14(7)10-5-6-2-1-3-9-4-6/h1-4,10H,5H2,(H2,8,11,13). The summed E-state index contributed by atoms with van der Waals surface area (Å²) >= 11 is 0. The van der Waals surface area contributed by atoms with Crippen LogP contribution >= 0.6 is 0 Å². The monoisotopic (exact) mass is 191 g/mol. The maximum atomic E-state index is 5.45. The van der Waals surface area contributed by atoms with Crippen molar-refractivity contribution in [1.82, 2.24) is 25.3 Å². The first-order valence-electron chi connectivity index (χ1n) is 4.03. The summed E-state index contributed by atoms with van der Waals surface area (Å²) in [6.07, 6.45) is 3.47. The van der Waals surface area contributed by atoms with Crippen molar-refractivity contribution >= 4 is 5.95 Å².